The number of hydrogen-bond acceptors (Lipinski definition) is 4. The fourth-order valence-corrected chi connectivity index (χ4v) is 2.09. The molecular formula is C11H16N4O. The van der Waals surface area contributed by atoms with Crippen molar-refractivity contribution >= 4 is 11.7 Å². The molecule has 1 fully saturated rings. The van der Waals surface area contributed by atoms with E-state index in [4.69, 9.17) is 5.73 Å². The van der Waals surface area contributed by atoms with Crippen LogP contribution in [0.4, 0.5) is 5.82 Å². The van der Waals surface area contributed by atoms with E-state index >= 15 is 0 Å². The molecule has 86 valence electrons. The molecule has 1 aliphatic heterocycles. The lowest BCUT2D eigenvalue weighted by atomic mass is 9.81. The van der Waals surface area contributed by atoms with E-state index in [1.807, 2.05) is 6.92 Å². The molecule has 2 rings (SSSR count). The Labute approximate surface area is 94.7 Å². The molecule has 0 unspecified atom stereocenters. The Morgan fingerprint density at radius 3 is 3.00 bits per heavy atom. The Hall–Kier alpha value is -1.65. The van der Waals surface area contributed by atoms with Crippen molar-refractivity contribution in [1.29, 1.82) is 0 Å². The van der Waals surface area contributed by atoms with Gasteiger partial charge in [0.25, 0.3) is 0 Å². The maximum atomic E-state index is 11.4. The van der Waals surface area contributed by atoms with Crippen LogP contribution in [-0.2, 0) is 4.79 Å². The highest BCUT2D eigenvalue weighted by molar-refractivity contribution is 5.81. The van der Waals surface area contributed by atoms with Gasteiger partial charge in [-0.2, -0.15) is 0 Å². The SMILES string of the molecule is C[C@]1(C(N)=O)CCCN(c2cnccn2)C1. The fraction of sp³-hybridized carbons (Fsp3) is 0.545. The Morgan fingerprint density at radius 1 is 1.56 bits per heavy atom. The van der Waals surface area contributed by atoms with Gasteiger partial charge in [-0.05, 0) is 19.8 Å². The van der Waals surface area contributed by atoms with Crippen molar-refractivity contribution in [3.8, 4) is 0 Å². The van der Waals surface area contributed by atoms with E-state index in [1.165, 1.54) is 0 Å². The Kier molecular flexibility index (Phi) is 2.77. The number of rotatable bonds is 2. The largest absolute Gasteiger partial charge is 0.369 e. The molecule has 5 nitrogen and oxygen atoms in total. The molecule has 0 radical (unpaired) electrons. The van der Waals surface area contributed by atoms with E-state index in [0.29, 0.717) is 6.54 Å². The highest BCUT2D eigenvalue weighted by atomic mass is 16.1. The predicted molar refractivity (Wildman–Crippen MR) is 60.8 cm³/mol. The first-order valence-electron chi connectivity index (χ1n) is 5.43. The van der Waals surface area contributed by atoms with Crippen LogP contribution in [0.5, 0.6) is 0 Å². The van der Waals surface area contributed by atoms with Gasteiger partial charge in [0.15, 0.2) is 0 Å². The van der Waals surface area contributed by atoms with Gasteiger partial charge in [0.1, 0.15) is 5.82 Å². The molecule has 16 heavy (non-hydrogen) atoms. The van der Waals surface area contributed by atoms with Crippen LogP contribution >= 0.6 is 0 Å². The lowest BCUT2D eigenvalue weighted by molar-refractivity contribution is -0.127. The topological polar surface area (TPSA) is 72.1 Å². The molecule has 0 aromatic carbocycles. The Bertz CT molecular complexity index is 381. The summed E-state index contributed by atoms with van der Waals surface area (Å²) < 4.78 is 0. The summed E-state index contributed by atoms with van der Waals surface area (Å²) in [5.41, 5.74) is 4.99. The minimum Gasteiger partial charge on any atom is -0.369 e. The third-order valence-electron chi connectivity index (χ3n) is 3.16. The molecule has 5 heteroatoms. The highest BCUT2D eigenvalue weighted by Gasteiger charge is 2.36. The summed E-state index contributed by atoms with van der Waals surface area (Å²) in [5, 5.41) is 0. The van der Waals surface area contributed by atoms with Crippen LogP contribution in [0.25, 0.3) is 0 Å². The number of nitrogens with two attached hydrogens (primary N) is 1. The van der Waals surface area contributed by atoms with Crippen LogP contribution < -0.4 is 10.6 Å². The second kappa shape index (κ2) is 4.08. The number of nitrogens with zero attached hydrogens (tertiary/aromatic N) is 3. The molecule has 0 aliphatic carbocycles. The smallest absolute Gasteiger partial charge is 0.225 e. The van der Waals surface area contributed by atoms with E-state index < -0.39 is 5.41 Å². The summed E-state index contributed by atoms with van der Waals surface area (Å²) in [6.07, 6.45) is 6.81. The van der Waals surface area contributed by atoms with Crippen LogP contribution in [0.1, 0.15) is 19.8 Å². The van der Waals surface area contributed by atoms with Crippen LogP contribution in [0.3, 0.4) is 0 Å². The predicted octanol–water partition coefficient (Wildman–Crippen LogP) is 0.568. The lowest BCUT2D eigenvalue weighted by Gasteiger charge is -2.38. The number of carbonyl (C=O) groups is 1. The van der Waals surface area contributed by atoms with Gasteiger partial charge in [-0.25, -0.2) is 4.98 Å². The van der Waals surface area contributed by atoms with Gasteiger partial charge in [-0.15, -0.1) is 0 Å². The number of carbonyl (C=O) groups excluding carboxylic acids is 1. The first kappa shape index (κ1) is 10.9. The average Bonchev–Trinajstić information content (AvgIpc) is 2.30. The summed E-state index contributed by atoms with van der Waals surface area (Å²) in [5.74, 6) is 0.579. The quantitative estimate of drug-likeness (QED) is 0.790. The lowest BCUT2D eigenvalue weighted by Crippen LogP contribution is -2.49. The van der Waals surface area contributed by atoms with E-state index in [1.54, 1.807) is 18.6 Å². The third kappa shape index (κ3) is 1.98. The van der Waals surface area contributed by atoms with Gasteiger partial charge in [0.05, 0.1) is 11.6 Å². The number of hydrogen-bond donors (Lipinski definition) is 1. The molecule has 1 aromatic rings. The number of primary amides is 1. The Morgan fingerprint density at radius 2 is 2.38 bits per heavy atom. The summed E-state index contributed by atoms with van der Waals surface area (Å²) in [6, 6.07) is 0. The zero-order valence-corrected chi connectivity index (χ0v) is 9.39. The number of aromatic nitrogens is 2. The van der Waals surface area contributed by atoms with Crippen LogP contribution in [0.15, 0.2) is 18.6 Å². The van der Waals surface area contributed by atoms with Gasteiger partial charge in [0, 0.05) is 25.5 Å². The maximum Gasteiger partial charge on any atom is 0.225 e. The van der Waals surface area contributed by atoms with E-state index in [0.717, 1.165) is 25.2 Å². The minimum absolute atomic E-state index is 0.235. The number of anilines is 1. The Balaban J connectivity index is 2.17. The van der Waals surface area contributed by atoms with Crippen LogP contribution in [0.2, 0.25) is 0 Å². The molecule has 1 aliphatic rings. The van der Waals surface area contributed by atoms with Gasteiger partial charge >= 0.3 is 0 Å². The first-order chi connectivity index (χ1) is 7.62. The van der Waals surface area contributed by atoms with Gasteiger partial charge < -0.3 is 10.6 Å². The van der Waals surface area contributed by atoms with Crippen molar-refractivity contribution in [1.82, 2.24) is 9.97 Å². The van der Waals surface area contributed by atoms with E-state index in [9.17, 15) is 4.79 Å². The summed E-state index contributed by atoms with van der Waals surface area (Å²) in [7, 11) is 0. The molecule has 1 amide bonds. The molecule has 0 spiro atoms. The minimum atomic E-state index is -0.449. The van der Waals surface area contributed by atoms with E-state index in [-0.39, 0.29) is 5.91 Å². The van der Waals surface area contributed by atoms with Gasteiger partial charge in [0.2, 0.25) is 5.91 Å². The van der Waals surface area contributed by atoms with Crippen molar-refractivity contribution < 1.29 is 4.79 Å². The van der Waals surface area contributed by atoms with Crippen LogP contribution in [-0.4, -0.2) is 29.0 Å². The number of amides is 1. The van der Waals surface area contributed by atoms with Crippen molar-refractivity contribution in [3.05, 3.63) is 18.6 Å². The maximum absolute atomic E-state index is 11.4. The summed E-state index contributed by atoms with van der Waals surface area (Å²) in [4.78, 5) is 21.8. The molecule has 0 bridgehead atoms. The van der Waals surface area contributed by atoms with Gasteiger partial charge in [-0.1, -0.05) is 0 Å². The van der Waals surface area contributed by atoms with Gasteiger partial charge in [-0.3, -0.25) is 9.78 Å². The standard InChI is InChI=1S/C11H16N4O/c1-11(10(12)16)3-2-6-15(8-11)9-7-13-4-5-14-9/h4-5,7H,2-3,6,8H2,1H3,(H2,12,16)/t11-/m0/s1. The highest BCUT2D eigenvalue weighted by Crippen LogP contribution is 2.30. The zero-order chi connectivity index (χ0) is 11.6. The van der Waals surface area contributed by atoms with Crippen LogP contribution in [0, 0.1) is 5.41 Å². The fourth-order valence-electron chi connectivity index (χ4n) is 2.09. The molecule has 1 aromatic heterocycles. The van der Waals surface area contributed by atoms with Crippen molar-refractivity contribution in [3.63, 3.8) is 0 Å². The normalized spacial score (nSPS) is 25.4. The van der Waals surface area contributed by atoms with E-state index in [2.05, 4.69) is 14.9 Å². The van der Waals surface area contributed by atoms with Crippen molar-refractivity contribution in [2.75, 3.05) is 18.0 Å². The molecule has 1 atom stereocenters. The zero-order valence-electron chi connectivity index (χ0n) is 9.39. The first-order valence-corrected chi connectivity index (χ1v) is 5.43. The average molecular weight is 220 g/mol. The number of piperidine rings is 1. The molecule has 2 heterocycles. The molecule has 1 saturated heterocycles. The second-order valence-electron chi connectivity index (χ2n) is 4.51. The summed E-state index contributed by atoms with van der Waals surface area (Å²) in [6.45, 7) is 3.44. The third-order valence-corrected chi connectivity index (χ3v) is 3.16. The van der Waals surface area contributed by atoms with Crippen molar-refractivity contribution in [2.24, 2.45) is 11.1 Å². The molecular weight excluding hydrogens is 204 g/mol. The monoisotopic (exact) mass is 220 g/mol. The molecule has 2 N–H and O–H groups in total. The van der Waals surface area contributed by atoms with Crippen molar-refractivity contribution in [2.45, 2.75) is 19.8 Å². The summed E-state index contributed by atoms with van der Waals surface area (Å²) >= 11 is 0. The second-order valence-corrected chi connectivity index (χ2v) is 4.51. The molecule has 0 saturated carbocycles.